The Bertz CT molecular complexity index is 682. The van der Waals surface area contributed by atoms with Crippen LogP contribution in [0.5, 0.6) is 5.75 Å². The molecule has 6 heteroatoms. The zero-order valence-corrected chi connectivity index (χ0v) is 15.7. The first-order valence-corrected chi connectivity index (χ1v) is 8.84. The molecule has 2 aromatic rings. The van der Waals surface area contributed by atoms with Gasteiger partial charge < -0.3 is 15.4 Å². The van der Waals surface area contributed by atoms with Gasteiger partial charge >= 0.3 is 0 Å². The molecule has 0 saturated heterocycles. The molecular formula is C18H25N3O2S. The number of carbonyl (C=O) groups is 1. The van der Waals surface area contributed by atoms with Crippen molar-refractivity contribution in [3.63, 3.8) is 0 Å². The molecule has 1 aromatic carbocycles. The highest BCUT2D eigenvalue weighted by Crippen LogP contribution is 2.32. The van der Waals surface area contributed by atoms with Crippen molar-refractivity contribution in [2.75, 3.05) is 20.7 Å². The monoisotopic (exact) mass is 347 g/mol. The van der Waals surface area contributed by atoms with Crippen molar-refractivity contribution in [3.8, 4) is 16.3 Å². The molecule has 0 bridgehead atoms. The average molecular weight is 347 g/mol. The van der Waals surface area contributed by atoms with E-state index in [1.807, 2.05) is 52.1 Å². The minimum atomic E-state index is -0.0632. The molecule has 0 saturated carbocycles. The van der Waals surface area contributed by atoms with Crippen LogP contribution in [0.25, 0.3) is 10.6 Å². The molecular weight excluding hydrogens is 322 g/mol. The Kier molecular flexibility index (Phi) is 6.34. The maximum atomic E-state index is 12.2. The molecule has 2 N–H and O–H groups in total. The Balaban J connectivity index is 2.13. The van der Waals surface area contributed by atoms with Crippen LogP contribution in [-0.2, 0) is 4.79 Å². The lowest BCUT2D eigenvalue weighted by atomic mass is 10.1. The average Bonchev–Trinajstić information content (AvgIpc) is 2.97. The molecule has 0 aliphatic carbocycles. The number of benzene rings is 1. The van der Waals surface area contributed by atoms with Gasteiger partial charge in [0.25, 0.3) is 0 Å². The van der Waals surface area contributed by atoms with Gasteiger partial charge in [0.2, 0.25) is 5.91 Å². The van der Waals surface area contributed by atoms with Crippen LogP contribution in [0.1, 0.15) is 30.5 Å². The SMILES string of the molecule is CNC[C@H](C)C(=O)N[C@H](C)c1sc(-c2ccc(OC)cc2)nc1C. The Labute approximate surface area is 147 Å². The maximum absolute atomic E-state index is 12.2. The number of nitrogens with one attached hydrogen (secondary N) is 2. The summed E-state index contributed by atoms with van der Waals surface area (Å²) in [5.74, 6) is 0.814. The predicted octanol–water partition coefficient (Wildman–Crippen LogP) is 3.16. The van der Waals surface area contributed by atoms with E-state index >= 15 is 0 Å². The molecule has 24 heavy (non-hydrogen) atoms. The Hall–Kier alpha value is -1.92. The van der Waals surface area contributed by atoms with Crippen LogP contribution < -0.4 is 15.4 Å². The smallest absolute Gasteiger partial charge is 0.224 e. The summed E-state index contributed by atoms with van der Waals surface area (Å²) in [6, 6.07) is 7.80. The van der Waals surface area contributed by atoms with Gasteiger partial charge in [-0.15, -0.1) is 11.3 Å². The van der Waals surface area contributed by atoms with E-state index in [0.717, 1.165) is 26.9 Å². The number of carbonyl (C=O) groups excluding carboxylic acids is 1. The summed E-state index contributed by atoms with van der Waals surface area (Å²) in [5.41, 5.74) is 2.01. The van der Waals surface area contributed by atoms with Gasteiger partial charge in [0, 0.05) is 18.0 Å². The van der Waals surface area contributed by atoms with E-state index in [2.05, 4.69) is 15.6 Å². The zero-order chi connectivity index (χ0) is 17.7. The van der Waals surface area contributed by atoms with E-state index < -0.39 is 0 Å². The fourth-order valence-electron chi connectivity index (χ4n) is 2.49. The summed E-state index contributed by atoms with van der Waals surface area (Å²) in [6.07, 6.45) is 0. The number of thiazole rings is 1. The van der Waals surface area contributed by atoms with Crippen molar-refractivity contribution >= 4 is 17.2 Å². The molecule has 0 unspecified atom stereocenters. The minimum Gasteiger partial charge on any atom is -0.497 e. The first-order chi connectivity index (χ1) is 11.5. The van der Waals surface area contributed by atoms with Gasteiger partial charge in [0.1, 0.15) is 10.8 Å². The number of hydrogen-bond donors (Lipinski definition) is 2. The van der Waals surface area contributed by atoms with Crippen LogP contribution in [0, 0.1) is 12.8 Å². The second-order valence-corrected chi connectivity index (χ2v) is 6.92. The van der Waals surface area contributed by atoms with Gasteiger partial charge in [-0.2, -0.15) is 0 Å². The lowest BCUT2D eigenvalue weighted by Gasteiger charge is -2.16. The van der Waals surface area contributed by atoms with Crippen molar-refractivity contribution < 1.29 is 9.53 Å². The number of aromatic nitrogens is 1. The molecule has 1 amide bonds. The summed E-state index contributed by atoms with van der Waals surface area (Å²) in [4.78, 5) is 17.9. The molecule has 0 fully saturated rings. The Morgan fingerprint density at radius 1 is 1.29 bits per heavy atom. The van der Waals surface area contributed by atoms with Gasteiger partial charge in [-0.25, -0.2) is 4.98 Å². The predicted molar refractivity (Wildman–Crippen MR) is 98.5 cm³/mol. The molecule has 0 radical (unpaired) electrons. The topological polar surface area (TPSA) is 63.2 Å². The molecule has 0 aliphatic heterocycles. The van der Waals surface area contributed by atoms with Crippen molar-refractivity contribution in [1.82, 2.24) is 15.6 Å². The number of methoxy groups -OCH3 is 1. The van der Waals surface area contributed by atoms with Gasteiger partial charge in [0.15, 0.2) is 0 Å². The third-order valence-corrected chi connectivity index (χ3v) is 5.27. The number of rotatable bonds is 7. The quantitative estimate of drug-likeness (QED) is 0.807. The summed E-state index contributed by atoms with van der Waals surface area (Å²) < 4.78 is 5.19. The van der Waals surface area contributed by atoms with Crippen LogP contribution in [0.4, 0.5) is 0 Å². The van der Waals surface area contributed by atoms with Crippen molar-refractivity contribution in [3.05, 3.63) is 34.8 Å². The van der Waals surface area contributed by atoms with Crippen molar-refractivity contribution in [2.45, 2.75) is 26.8 Å². The van der Waals surface area contributed by atoms with Crippen molar-refractivity contribution in [1.29, 1.82) is 0 Å². The van der Waals surface area contributed by atoms with E-state index in [4.69, 9.17) is 4.74 Å². The number of hydrogen-bond acceptors (Lipinski definition) is 5. The largest absolute Gasteiger partial charge is 0.497 e. The van der Waals surface area contributed by atoms with Gasteiger partial charge in [-0.05, 0) is 45.2 Å². The number of aryl methyl sites for hydroxylation is 1. The third kappa shape index (κ3) is 4.33. The van der Waals surface area contributed by atoms with E-state index in [0.29, 0.717) is 6.54 Å². The summed E-state index contributed by atoms with van der Waals surface area (Å²) in [5, 5.41) is 7.06. The summed E-state index contributed by atoms with van der Waals surface area (Å²) in [6.45, 7) is 6.57. The van der Waals surface area contributed by atoms with E-state index in [1.54, 1.807) is 18.4 Å². The second-order valence-electron chi connectivity index (χ2n) is 5.89. The Morgan fingerprint density at radius 2 is 1.96 bits per heavy atom. The lowest BCUT2D eigenvalue weighted by Crippen LogP contribution is -2.35. The minimum absolute atomic E-state index is 0.0515. The van der Waals surface area contributed by atoms with E-state index in [1.165, 1.54) is 0 Å². The van der Waals surface area contributed by atoms with Crippen LogP contribution >= 0.6 is 11.3 Å². The van der Waals surface area contributed by atoms with Crippen molar-refractivity contribution in [2.24, 2.45) is 5.92 Å². The Morgan fingerprint density at radius 3 is 2.54 bits per heavy atom. The van der Waals surface area contributed by atoms with E-state index in [9.17, 15) is 4.79 Å². The van der Waals surface area contributed by atoms with Gasteiger partial charge in [-0.3, -0.25) is 4.79 Å². The number of nitrogens with zero attached hydrogens (tertiary/aromatic N) is 1. The number of ether oxygens (including phenoxy) is 1. The molecule has 2 rings (SSSR count). The highest BCUT2D eigenvalue weighted by Gasteiger charge is 2.19. The summed E-state index contributed by atoms with van der Waals surface area (Å²) in [7, 11) is 3.50. The van der Waals surface area contributed by atoms with Gasteiger partial charge in [-0.1, -0.05) is 6.92 Å². The van der Waals surface area contributed by atoms with Crippen LogP contribution in [0.3, 0.4) is 0 Å². The second kappa shape index (κ2) is 8.26. The number of amides is 1. The molecule has 130 valence electrons. The van der Waals surface area contributed by atoms with Crippen LogP contribution in [0.15, 0.2) is 24.3 Å². The summed E-state index contributed by atoms with van der Waals surface area (Å²) >= 11 is 1.62. The van der Waals surface area contributed by atoms with Crippen LogP contribution in [-0.4, -0.2) is 31.6 Å². The highest BCUT2D eigenvalue weighted by molar-refractivity contribution is 7.15. The molecule has 1 heterocycles. The lowest BCUT2D eigenvalue weighted by molar-refractivity contribution is -0.125. The van der Waals surface area contributed by atoms with E-state index in [-0.39, 0.29) is 17.9 Å². The normalized spacial score (nSPS) is 13.4. The third-order valence-electron chi connectivity index (χ3n) is 3.88. The molecule has 5 nitrogen and oxygen atoms in total. The molecule has 2 atom stereocenters. The fourth-order valence-corrected chi connectivity index (χ4v) is 3.56. The molecule has 0 aliphatic rings. The maximum Gasteiger partial charge on any atom is 0.224 e. The standard InChI is InChI=1S/C18H25N3O2S/c1-11(10-19-4)17(22)20-12(2)16-13(3)21-18(24-16)14-6-8-15(23-5)9-7-14/h6-9,11-12,19H,10H2,1-5H3,(H,20,22)/t11-,12+/m0/s1. The molecule has 0 spiro atoms. The van der Waals surface area contributed by atoms with Gasteiger partial charge in [0.05, 0.1) is 23.7 Å². The van der Waals surface area contributed by atoms with Crippen LogP contribution in [0.2, 0.25) is 0 Å². The first kappa shape index (κ1) is 18.4. The fraction of sp³-hybridized carbons (Fsp3) is 0.444. The molecule has 1 aromatic heterocycles. The zero-order valence-electron chi connectivity index (χ0n) is 14.8. The first-order valence-electron chi connectivity index (χ1n) is 8.03. The highest BCUT2D eigenvalue weighted by atomic mass is 32.1.